The van der Waals surface area contributed by atoms with Crippen molar-refractivity contribution >= 4 is 11.6 Å². The van der Waals surface area contributed by atoms with Gasteiger partial charge in [-0.1, -0.05) is 0 Å². The number of hydrogen-bond donors (Lipinski definition) is 1. The molecule has 0 spiro atoms. The number of carbonyl (C=O) groups excluding carboxylic acids is 1. The van der Waals surface area contributed by atoms with Gasteiger partial charge in [0.1, 0.15) is 0 Å². The van der Waals surface area contributed by atoms with Crippen LogP contribution in [0.25, 0.3) is 0 Å². The van der Waals surface area contributed by atoms with E-state index in [-0.39, 0.29) is 11.8 Å². The lowest BCUT2D eigenvalue weighted by Crippen LogP contribution is -2.27. The highest BCUT2D eigenvalue weighted by molar-refractivity contribution is 6.15. The summed E-state index contributed by atoms with van der Waals surface area (Å²) in [6.07, 6.45) is 4.02. The van der Waals surface area contributed by atoms with E-state index in [0.717, 1.165) is 11.3 Å². The van der Waals surface area contributed by atoms with E-state index in [1.165, 1.54) is 5.01 Å². The van der Waals surface area contributed by atoms with E-state index in [1.54, 1.807) is 19.4 Å². The lowest BCUT2D eigenvalue weighted by atomic mass is 9.94. The first-order valence-corrected chi connectivity index (χ1v) is 5.20. The molecule has 5 heteroatoms. The third-order valence-electron chi connectivity index (χ3n) is 2.64. The number of hydrogen-bond acceptors (Lipinski definition) is 4. The van der Waals surface area contributed by atoms with Gasteiger partial charge in [-0.2, -0.15) is 5.10 Å². The van der Waals surface area contributed by atoms with Crippen LogP contribution in [0.4, 0.5) is 0 Å². The minimum Gasteiger partial charge on any atom is -0.330 e. The number of nitrogens with two attached hydrogens (primary N) is 1. The van der Waals surface area contributed by atoms with Crippen molar-refractivity contribution in [2.45, 2.75) is 6.42 Å². The Morgan fingerprint density at radius 3 is 2.75 bits per heavy atom. The zero-order valence-corrected chi connectivity index (χ0v) is 9.13. The van der Waals surface area contributed by atoms with Crippen LogP contribution in [0, 0.1) is 5.92 Å². The Bertz CT molecular complexity index is 415. The molecule has 0 aliphatic carbocycles. The van der Waals surface area contributed by atoms with Gasteiger partial charge >= 0.3 is 0 Å². The maximum Gasteiger partial charge on any atom is 0.251 e. The number of aromatic nitrogens is 1. The van der Waals surface area contributed by atoms with Gasteiger partial charge in [-0.05, 0) is 25.1 Å². The van der Waals surface area contributed by atoms with Crippen LogP contribution in [-0.2, 0) is 4.79 Å². The number of hydrazone groups is 1. The maximum absolute atomic E-state index is 11.8. The number of rotatable bonds is 3. The molecule has 2 N–H and O–H groups in total. The van der Waals surface area contributed by atoms with Crippen LogP contribution in [0.2, 0.25) is 0 Å². The third kappa shape index (κ3) is 1.81. The summed E-state index contributed by atoms with van der Waals surface area (Å²) in [6, 6.07) is 3.71. The first kappa shape index (κ1) is 10.8. The molecule has 0 saturated carbocycles. The summed E-state index contributed by atoms with van der Waals surface area (Å²) in [6.45, 7) is 0.481. The fraction of sp³-hybridized carbons (Fsp3) is 0.364. The fourth-order valence-electron chi connectivity index (χ4n) is 1.83. The molecule has 1 atom stereocenters. The molecule has 2 heterocycles. The Morgan fingerprint density at radius 1 is 1.44 bits per heavy atom. The molecule has 1 unspecified atom stereocenters. The average molecular weight is 218 g/mol. The molecule has 0 fully saturated rings. The van der Waals surface area contributed by atoms with Crippen molar-refractivity contribution in [3.8, 4) is 0 Å². The standard InChI is InChI=1S/C11H14N4O/c1-15-11(16)9(2-5-12)10(14-15)8-3-6-13-7-4-8/h3-4,6-7,9H,2,5,12H2,1H3. The summed E-state index contributed by atoms with van der Waals surface area (Å²) in [5.74, 6) is -0.199. The molecule has 5 nitrogen and oxygen atoms in total. The van der Waals surface area contributed by atoms with Crippen molar-refractivity contribution in [1.82, 2.24) is 9.99 Å². The lowest BCUT2D eigenvalue weighted by molar-refractivity contribution is -0.130. The van der Waals surface area contributed by atoms with E-state index < -0.39 is 0 Å². The Kier molecular flexibility index (Phi) is 2.96. The van der Waals surface area contributed by atoms with Gasteiger partial charge in [0.25, 0.3) is 5.91 Å². The minimum absolute atomic E-state index is 0.0114. The number of carbonyl (C=O) groups is 1. The highest BCUT2D eigenvalue weighted by atomic mass is 16.2. The maximum atomic E-state index is 11.8. The minimum atomic E-state index is -0.211. The van der Waals surface area contributed by atoms with Gasteiger partial charge in [-0.3, -0.25) is 9.78 Å². The molecule has 1 aliphatic rings. The van der Waals surface area contributed by atoms with Crippen LogP contribution in [-0.4, -0.2) is 35.2 Å². The summed E-state index contributed by atoms with van der Waals surface area (Å²) in [7, 11) is 1.67. The number of nitrogens with zero attached hydrogens (tertiary/aromatic N) is 3. The molecule has 0 aromatic carbocycles. The molecule has 1 amide bonds. The van der Waals surface area contributed by atoms with Crippen molar-refractivity contribution in [3.05, 3.63) is 30.1 Å². The molecular weight excluding hydrogens is 204 g/mol. The Hall–Kier alpha value is -1.75. The van der Waals surface area contributed by atoms with E-state index in [0.29, 0.717) is 13.0 Å². The van der Waals surface area contributed by atoms with Crippen molar-refractivity contribution < 1.29 is 4.79 Å². The quantitative estimate of drug-likeness (QED) is 0.789. The van der Waals surface area contributed by atoms with Crippen molar-refractivity contribution in [1.29, 1.82) is 0 Å². The van der Waals surface area contributed by atoms with Crippen LogP contribution in [0.15, 0.2) is 29.6 Å². The average Bonchev–Trinajstić information content (AvgIpc) is 2.59. The van der Waals surface area contributed by atoms with E-state index in [4.69, 9.17) is 5.73 Å². The molecule has 2 rings (SSSR count). The zero-order valence-electron chi connectivity index (χ0n) is 9.13. The topological polar surface area (TPSA) is 71.6 Å². The monoisotopic (exact) mass is 218 g/mol. The van der Waals surface area contributed by atoms with Crippen molar-refractivity contribution in [3.63, 3.8) is 0 Å². The highest BCUT2D eigenvalue weighted by Crippen LogP contribution is 2.21. The molecule has 0 saturated heterocycles. The van der Waals surface area contributed by atoms with Crippen molar-refractivity contribution in [2.75, 3.05) is 13.6 Å². The lowest BCUT2D eigenvalue weighted by Gasteiger charge is -2.09. The van der Waals surface area contributed by atoms with Gasteiger partial charge in [0.15, 0.2) is 0 Å². The van der Waals surface area contributed by atoms with E-state index in [9.17, 15) is 4.79 Å². The Balaban J connectivity index is 2.32. The molecule has 0 bridgehead atoms. The van der Waals surface area contributed by atoms with Crippen LogP contribution in [0.3, 0.4) is 0 Å². The number of pyridine rings is 1. The predicted octanol–water partition coefficient (Wildman–Crippen LogP) is 0.223. The van der Waals surface area contributed by atoms with E-state index in [2.05, 4.69) is 10.1 Å². The van der Waals surface area contributed by atoms with Crippen LogP contribution in [0.1, 0.15) is 12.0 Å². The van der Waals surface area contributed by atoms with Gasteiger partial charge < -0.3 is 5.73 Å². The largest absolute Gasteiger partial charge is 0.330 e. The Morgan fingerprint density at radius 2 is 2.12 bits per heavy atom. The summed E-state index contributed by atoms with van der Waals surface area (Å²) in [5.41, 5.74) is 7.25. The van der Waals surface area contributed by atoms with E-state index >= 15 is 0 Å². The smallest absolute Gasteiger partial charge is 0.251 e. The fourth-order valence-corrected chi connectivity index (χ4v) is 1.83. The molecule has 1 aromatic rings. The molecule has 0 radical (unpaired) electrons. The summed E-state index contributed by atoms with van der Waals surface area (Å²) in [5, 5.41) is 5.64. The second-order valence-corrected chi connectivity index (χ2v) is 3.71. The van der Waals surface area contributed by atoms with E-state index in [1.807, 2.05) is 12.1 Å². The Labute approximate surface area is 94.0 Å². The third-order valence-corrected chi connectivity index (χ3v) is 2.64. The molecule has 1 aliphatic heterocycles. The van der Waals surface area contributed by atoms with Crippen LogP contribution < -0.4 is 5.73 Å². The van der Waals surface area contributed by atoms with Crippen LogP contribution >= 0.6 is 0 Å². The number of amides is 1. The van der Waals surface area contributed by atoms with Gasteiger partial charge in [0.2, 0.25) is 0 Å². The molecule has 16 heavy (non-hydrogen) atoms. The van der Waals surface area contributed by atoms with Crippen LogP contribution in [0.5, 0.6) is 0 Å². The second-order valence-electron chi connectivity index (χ2n) is 3.71. The van der Waals surface area contributed by atoms with Gasteiger partial charge in [-0.15, -0.1) is 0 Å². The normalized spacial score (nSPS) is 20.1. The second kappa shape index (κ2) is 4.40. The van der Waals surface area contributed by atoms with Gasteiger partial charge in [0, 0.05) is 25.0 Å². The summed E-state index contributed by atoms with van der Waals surface area (Å²) < 4.78 is 0. The zero-order chi connectivity index (χ0) is 11.5. The molecule has 1 aromatic heterocycles. The summed E-state index contributed by atoms with van der Waals surface area (Å²) >= 11 is 0. The van der Waals surface area contributed by atoms with Gasteiger partial charge in [0.05, 0.1) is 11.6 Å². The molecule has 84 valence electrons. The first-order valence-electron chi connectivity index (χ1n) is 5.20. The highest BCUT2D eigenvalue weighted by Gasteiger charge is 2.33. The SMILES string of the molecule is CN1N=C(c2ccncc2)C(CCN)C1=O. The summed E-state index contributed by atoms with van der Waals surface area (Å²) in [4.78, 5) is 15.8. The van der Waals surface area contributed by atoms with Gasteiger partial charge in [-0.25, -0.2) is 5.01 Å². The predicted molar refractivity (Wildman–Crippen MR) is 60.7 cm³/mol. The molecular formula is C11H14N4O. The van der Waals surface area contributed by atoms with Crippen molar-refractivity contribution in [2.24, 2.45) is 16.8 Å². The first-order chi connectivity index (χ1) is 7.74.